The van der Waals surface area contributed by atoms with Crippen molar-refractivity contribution in [1.82, 2.24) is 0 Å². The van der Waals surface area contributed by atoms with E-state index >= 15 is 0 Å². The van der Waals surface area contributed by atoms with Crippen LogP contribution in [0.15, 0.2) is 18.2 Å². The Labute approximate surface area is 107 Å². The number of hydrogen-bond acceptors (Lipinski definition) is 2. The van der Waals surface area contributed by atoms with Gasteiger partial charge >= 0.3 is 0 Å². The highest BCUT2D eigenvalue weighted by Crippen LogP contribution is 2.13. The van der Waals surface area contributed by atoms with Gasteiger partial charge in [-0.1, -0.05) is 19.4 Å². The van der Waals surface area contributed by atoms with Crippen molar-refractivity contribution in [1.29, 1.82) is 0 Å². The van der Waals surface area contributed by atoms with Crippen molar-refractivity contribution in [2.45, 2.75) is 32.7 Å². The summed E-state index contributed by atoms with van der Waals surface area (Å²) in [6.07, 6.45) is 1.47. The molecule has 17 heavy (non-hydrogen) atoms. The third-order valence-corrected chi connectivity index (χ3v) is 2.38. The molecule has 0 spiro atoms. The van der Waals surface area contributed by atoms with E-state index in [1.54, 1.807) is 19.1 Å². The van der Waals surface area contributed by atoms with E-state index in [0.29, 0.717) is 17.7 Å². The van der Waals surface area contributed by atoms with Gasteiger partial charge < -0.3 is 11.1 Å². The van der Waals surface area contributed by atoms with Crippen LogP contribution in [0, 0.1) is 12.7 Å². The minimum atomic E-state index is -0.533. The first-order chi connectivity index (χ1) is 7.54. The van der Waals surface area contributed by atoms with Gasteiger partial charge in [0.1, 0.15) is 5.82 Å². The second-order valence-electron chi connectivity index (χ2n) is 3.85. The molecular weight excluding hydrogens is 243 g/mol. The van der Waals surface area contributed by atoms with Crippen LogP contribution in [0.2, 0.25) is 0 Å². The Morgan fingerprint density at radius 2 is 2.18 bits per heavy atom. The molecule has 0 aliphatic heterocycles. The predicted octanol–water partition coefficient (Wildman–Crippen LogP) is 2.62. The molecule has 1 rings (SSSR count). The van der Waals surface area contributed by atoms with Crippen LogP contribution in [0.3, 0.4) is 0 Å². The van der Waals surface area contributed by atoms with Crippen molar-refractivity contribution in [3.8, 4) is 0 Å². The molecule has 0 aliphatic rings. The minimum Gasteiger partial charge on any atom is -0.325 e. The molecular formula is C12H18ClFN2O. The van der Waals surface area contributed by atoms with E-state index in [-0.39, 0.29) is 24.1 Å². The van der Waals surface area contributed by atoms with Gasteiger partial charge in [-0.25, -0.2) is 4.39 Å². The maximum atomic E-state index is 13.2. The minimum absolute atomic E-state index is 0. The quantitative estimate of drug-likeness (QED) is 0.874. The van der Waals surface area contributed by atoms with E-state index in [2.05, 4.69) is 5.32 Å². The number of aryl methyl sites for hydroxylation is 1. The van der Waals surface area contributed by atoms with Gasteiger partial charge in [-0.3, -0.25) is 4.79 Å². The SMILES string of the molecule is CCCC(N)C(=O)Nc1ccc(C)c(F)c1.Cl. The van der Waals surface area contributed by atoms with Gasteiger partial charge in [0.05, 0.1) is 6.04 Å². The highest BCUT2D eigenvalue weighted by Gasteiger charge is 2.12. The zero-order valence-electron chi connectivity index (χ0n) is 10.00. The molecule has 0 saturated heterocycles. The second kappa shape index (κ2) is 7.25. The van der Waals surface area contributed by atoms with Crippen LogP contribution in [0.1, 0.15) is 25.3 Å². The topological polar surface area (TPSA) is 55.1 Å². The average molecular weight is 261 g/mol. The van der Waals surface area contributed by atoms with Gasteiger partial charge in [-0.05, 0) is 31.0 Å². The summed E-state index contributed by atoms with van der Waals surface area (Å²) in [5, 5.41) is 2.59. The normalized spacial score (nSPS) is 11.5. The number of benzene rings is 1. The highest BCUT2D eigenvalue weighted by molar-refractivity contribution is 5.94. The van der Waals surface area contributed by atoms with Crippen LogP contribution in [-0.4, -0.2) is 11.9 Å². The maximum Gasteiger partial charge on any atom is 0.241 e. The Kier molecular flexibility index (Phi) is 6.76. The van der Waals surface area contributed by atoms with Gasteiger partial charge in [0.25, 0.3) is 0 Å². The fraction of sp³-hybridized carbons (Fsp3) is 0.417. The summed E-state index contributed by atoms with van der Waals surface area (Å²) in [6, 6.07) is 4.05. The number of rotatable bonds is 4. The molecule has 0 aromatic heterocycles. The number of amides is 1. The molecule has 0 aliphatic carbocycles. The first-order valence-corrected chi connectivity index (χ1v) is 5.37. The van der Waals surface area contributed by atoms with Crippen molar-refractivity contribution < 1.29 is 9.18 Å². The highest BCUT2D eigenvalue weighted by atomic mass is 35.5. The third-order valence-electron chi connectivity index (χ3n) is 2.38. The van der Waals surface area contributed by atoms with Gasteiger partial charge in [-0.15, -0.1) is 12.4 Å². The lowest BCUT2D eigenvalue weighted by Gasteiger charge is -2.11. The number of hydrogen-bond donors (Lipinski definition) is 2. The van der Waals surface area contributed by atoms with Gasteiger partial charge in [-0.2, -0.15) is 0 Å². The largest absolute Gasteiger partial charge is 0.325 e. The Balaban J connectivity index is 0.00000256. The van der Waals surface area contributed by atoms with Crippen molar-refractivity contribution in [2.24, 2.45) is 5.73 Å². The maximum absolute atomic E-state index is 13.2. The zero-order chi connectivity index (χ0) is 12.1. The molecule has 3 N–H and O–H groups in total. The molecule has 0 bridgehead atoms. The van der Waals surface area contributed by atoms with E-state index in [1.165, 1.54) is 6.07 Å². The van der Waals surface area contributed by atoms with Crippen molar-refractivity contribution in [3.05, 3.63) is 29.6 Å². The summed E-state index contributed by atoms with van der Waals surface area (Å²) < 4.78 is 13.2. The van der Waals surface area contributed by atoms with E-state index in [1.807, 2.05) is 6.92 Å². The number of carbonyl (C=O) groups is 1. The Morgan fingerprint density at radius 1 is 1.53 bits per heavy atom. The van der Waals surface area contributed by atoms with Crippen LogP contribution >= 0.6 is 12.4 Å². The monoisotopic (exact) mass is 260 g/mol. The number of nitrogens with two attached hydrogens (primary N) is 1. The fourth-order valence-corrected chi connectivity index (χ4v) is 1.35. The third kappa shape index (κ3) is 4.71. The number of anilines is 1. The van der Waals surface area contributed by atoms with Crippen LogP contribution < -0.4 is 11.1 Å². The van der Waals surface area contributed by atoms with E-state index in [4.69, 9.17) is 5.73 Å². The first-order valence-electron chi connectivity index (χ1n) is 5.37. The van der Waals surface area contributed by atoms with Crippen molar-refractivity contribution in [3.63, 3.8) is 0 Å². The lowest BCUT2D eigenvalue weighted by molar-refractivity contribution is -0.117. The van der Waals surface area contributed by atoms with Crippen LogP contribution in [0.4, 0.5) is 10.1 Å². The molecule has 1 unspecified atom stereocenters. The van der Waals surface area contributed by atoms with Crippen molar-refractivity contribution in [2.75, 3.05) is 5.32 Å². The smallest absolute Gasteiger partial charge is 0.241 e. The van der Waals surface area contributed by atoms with Crippen LogP contribution in [0.5, 0.6) is 0 Å². The summed E-state index contributed by atoms with van der Waals surface area (Å²) in [5.41, 5.74) is 6.63. The first kappa shape index (κ1) is 15.9. The fourth-order valence-electron chi connectivity index (χ4n) is 1.35. The zero-order valence-corrected chi connectivity index (χ0v) is 10.8. The molecule has 5 heteroatoms. The molecule has 1 amide bonds. The summed E-state index contributed by atoms with van der Waals surface area (Å²) >= 11 is 0. The Bertz CT molecular complexity index is 385. The van der Waals surface area contributed by atoms with Gasteiger partial charge in [0, 0.05) is 5.69 Å². The number of nitrogens with one attached hydrogen (secondary N) is 1. The number of carbonyl (C=O) groups excluding carboxylic acids is 1. The molecule has 0 fully saturated rings. The molecule has 3 nitrogen and oxygen atoms in total. The van der Waals surface area contributed by atoms with Crippen LogP contribution in [-0.2, 0) is 4.79 Å². The molecule has 0 radical (unpaired) electrons. The Morgan fingerprint density at radius 3 is 2.71 bits per heavy atom. The molecule has 1 aromatic carbocycles. The van der Waals surface area contributed by atoms with Crippen molar-refractivity contribution >= 4 is 24.0 Å². The Hall–Kier alpha value is -1.13. The summed E-state index contributed by atoms with van der Waals surface area (Å²) in [7, 11) is 0. The van der Waals surface area contributed by atoms with Crippen LogP contribution in [0.25, 0.3) is 0 Å². The van der Waals surface area contributed by atoms with E-state index < -0.39 is 6.04 Å². The lowest BCUT2D eigenvalue weighted by atomic mass is 10.1. The van der Waals surface area contributed by atoms with Gasteiger partial charge in [0.15, 0.2) is 0 Å². The molecule has 0 saturated carbocycles. The second-order valence-corrected chi connectivity index (χ2v) is 3.85. The van der Waals surface area contributed by atoms with E-state index in [9.17, 15) is 9.18 Å². The van der Waals surface area contributed by atoms with Gasteiger partial charge in [0.2, 0.25) is 5.91 Å². The van der Waals surface area contributed by atoms with E-state index in [0.717, 1.165) is 6.42 Å². The summed E-state index contributed by atoms with van der Waals surface area (Å²) in [6.45, 7) is 3.63. The molecule has 96 valence electrons. The molecule has 1 aromatic rings. The molecule has 0 heterocycles. The summed E-state index contributed by atoms with van der Waals surface area (Å²) in [4.78, 5) is 11.5. The lowest BCUT2D eigenvalue weighted by Crippen LogP contribution is -2.35. The number of halogens is 2. The average Bonchev–Trinajstić information content (AvgIpc) is 2.24. The standard InChI is InChI=1S/C12H17FN2O.ClH/c1-3-4-11(14)12(16)15-9-6-5-8(2)10(13)7-9;/h5-7,11H,3-4,14H2,1-2H3,(H,15,16);1H. The molecule has 1 atom stereocenters. The predicted molar refractivity (Wildman–Crippen MR) is 69.9 cm³/mol. The summed E-state index contributed by atoms with van der Waals surface area (Å²) in [5.74, 6) is -0.605.